The maximum absolute atomic E-state index is 11.4. The molecule has 0 bridgehead atoms. The molecule has 0 saturated carbocycles. The first-order valence-electron chi connectivity index (χ1n) is 13.5. The minimum Gasteiger partial charge on any atom is -0.497 e. The SMILES string of the molecule is C=CC(=O)OCCOc1cc(OC)cc(N(C2=C3C=CC4=C5C(=CC=C(C=C2)C35)CC=C4)c2ccc(C)cc2)c1. The van der Waals surface area contributed by atoms with Gasteiger partial charge in [0.25, 0.3) is 0 Å². The van der Waals surface area contributed by atoms with Crippen molar-refractivity contribution >= 4 is 17.3 Å². The lowest BCUT2D eigenvalue weighted by molar-refractivity contribution is -0.138. The minimum atomic E-state index is -0.473. The first-order chi connectivity index (χ1) is 19.6. The van der Waals surface area contributed by atoms with E-state index < -0.39 is 5.97 Å². The van der Waals surface area contributed by atoms with Crippen LogP contribution in [0.2, 0.25) is 0 Å². The molecule has 1 atom stereocenters. The zero-order valence-corrected chi connectivity index (χ0v) is 22.7. The lowest BCUT2D eigenvalue weighted by Crippen LogP contribution is -2.27. The molecule has 0 aliphatic heterocycles. The van der Waals surface area contributed by atoms with E-state index in [9.17, 15) is 4.79 Å². The van der Waals surface area contributed by atoms with E-state index in [1.165, 1.54) is 33.4 Å². The Morgan fingerprint density at radius 3 is 2.60 bits per heavy atom. The molecule has 0 amide bonds. The van der Waals surface area contributed by atoms with Crippen LogP contribution in [0.1, 0.15) is 12.0 Å². The highest BCUT2D eigenvalue weighted by molar-refractivity contribution is 5.81. The highest BCUT2D eigenvalue weighted by atomic mass is 16.6. The Kier molecular flexibility index (Phi) is 6.87. The summed E-state index contributed by atoms with van der Waals surface area (Å²) in [5.41, 5.74) is 10.9. The number of hydrogen-bond donors (Lipinski definition) is 0. The van der Waals surface area contributed by atoms with Gasteiger partial charge in [0, 0.05) is 35.9 Å². The third-order valence-corrected chi connectivity index (χ3v) is 7.53. The van der Waals surface area contributed by atoms with Crippen LogP contribution in [-0.2, 0) is 9.53 Å². The number of anilines is 2. The van der Waals surface area contributed by atoms with Crippen molar-refractivity contribution in [1.82, 2.24) is 0 Å². The molecular formula is C35H31NO4. The number of nitrogens with zero attached hydrogens (tertiary/aromatic N) is 1. The van der Waals surface area contributed by atoms with Crippen molar-refractivity contribution < 1.29 is 19.0 Å². The Bertz CT molecular complexity index is 1590. The quantitative estimate of drug-likeness (QED) is 0.193. The summed E-state index contributed by atoms with van der Waals surface area (Å²) in [6.45, 7) is 5.86. The number of carbonyl (C=O) groups is 1. The lowest BCUT2D eigenvalue weighted by atomic mass is 9.68. The molecule has 4 aliphatic carbocycles. The monoisotopic (exact) mass is 529 g/mol. The molecule has 0 aromatic heterocycles. The van der Waals surface area contributed by atoms with E-state index in [0.29, 0.717) is 11.5 Å². The van der Waals surface area contributed by atoms with Crippen LogP contribution in [0.15, 0.2) is 137 Å². The van der Waals surface area contributed by atoms with Crippen molar-refractivity contribution in [2.45, 2.75) is 13.3 Å². The van der Waals surface area contributed by atoms with Crippen molar-refractivity contribution in [1.29, 1.82) is 0 Å². The standard InChI is InChI=1S/C35H31NO4/c1-4-33(37)40-19-18-39-30-21-28(20-29(22-30)38-3)36(27-14-8-23(2)9-15-27)32-17-13-26-11-10-24-6-5-7-25-12-16-31(32)35(26)34(24)25/h4-5,7-17,20-22,35H,1,6,18-19H2,2-3H3. The average molecular weight is 530 g/mol. The summed E-state index contributed by atoms with van der Waals surface area (Å²) in [6.07, 6.45) is 20.1. The summed E-state index contributed by atoms with van der Waals surface area (Å²) < 4.78 is 16.8. The molecular weight excluding hydrogens is 498 g/mol. The number of allylic oxidation sites excluding steroid dienone is 13. The maximum Gasteiger partial charge on any atom is 0.330 e. The third kappa shape index (κ3) is 4.75. The summed E-state index contributed by atoms with van der Waals surface area (Å²) in [6, 6.07) is 14.4. The van der Waals surface area contributed by atoms with Crippen LogP contribution >= 0.6 is 0 Å². The highest BCUT2D eigenvalue weighted by Crippen LogP contribution is 2.50. The Morgan fingerprint density at radius 1 is 0.975 bits per heavy atom. The number of aryl methyl sites for hydroxylation is 1. The van der Waals surface area contributed by atoms with E-state index in [0.717, 1.165) is 29.6 Å². The Hall–Kier alpha value is -4.77. The second-order valence-electron chi connectivity index (χ2n) is 10.0. The third-order valence-electron chi connectivity index (χ3n) is 7.53. The zero-order chi connectivity index (χ0) is 27.6. The Balaban J connectivity index is 1.44. The van der Waals surface area contributed by atoms with Crippen molar-refractivity contribution in [3.8, 4) is 11.5 Å². The molecule has 0 radical (unpaired) electrons. The summed E-state index contributed by atoms with van der Waals surface area (Å²) in [4.78, 5) is 13.7. The zero-order valence-electron chi connectivity index (χ0n) is 22.7. The predicted molar refractivity (Wildman–Crippen MR) is 159 cm³/mol. The van der Waals surface area contributed by atoms with E-state index in [1.807, 2.05) is 18.2 Å². The van der Waals surface area contributed by atoms with Gasteiger partial charge in [-0.1, -0.05) is 66.8 Å². The normalized spacial score (nSPS) is 18.1. The summed E-state index contributed by atoms with van der Waals surface area (Å²) in [5.74, 6) is 1.01. The van der Waals surface area contributed by atoms with Gasteiger partial charge in [0.2, 0.25) is 0 Å². The molecule has 4 aliphatic rings. The maximum atomic E-state index is 11.4. The largest absolute Gasteiger partial charge is 0.497 e. The van der Waals surface area contributed by atoms with E-state index >= 15 is 0 Å². The number of esters is 1. The predicted octanol–water partition coefficient (Wildman–Crippen LogP) is 7.38. The van der Waals surface area contributed by atoms with Crippen molar-refractivity contribution in [2.75, 3.05) is 25.2 Å². The fraction of sp³-hybridized carbons (Fsp3) is 0.171. The minimum absolute atomic E-state index is 0.125. The fourth-order valence-corrected chi connectivity index (χ4v) is 5.65. The van der Waals surface area contributed by atoms with Crippen molar-refractivity contribution in [3.63, 3.8) is 0 Å². The molecule has 40 heavy (non-hydrogen) atoms. The van der Waals surface area contributed by atoms with Gasteiger partial charge in [-0.05, 0) is 59.4 Å². The van der Waals surface area contributed by atoms with Gasteiger partial charge in [0.05, 0.1) is 18.5 Å². The van der Waals surface area contributed by atoms with Gasteiger partial charge in [0.1, 0.15) is 24.7 Å². The molecule has 0 saturated heterocycles. The second-order valence-corrected chi connectivity index (χ2v) is 10.0. The molecule has 0 N–H and O–H groups in total. The van der Waals surface area contributed by atoms with E-state index in [4.69, 9.17) is 14.2 Å². The van der Waals surface area contributed by atoms with E-state index in [2.05, 4.69) is 91.3 Å². The molecule has 2 aromatic rings. The molecule has 200 valence electrons. The number of ether oxygens (including phenoxy) is 3. The van der Waals surface area contributed by atoms with Crippen LogP contribution in [-0.4, -0.2) is 26.3 Å². The second kappa shape index (κ2) is 10.8. The van der Waals surface area contributed by atoms with Gasteiger partial charge in [-0.3, -0.25) is 0 Å². The molecule has 1 unspecified atom stereocenters. The Morgan fingerprint density at radius 2 is 1.80 bits per heavy atom. The highest BCUT2D eigenvalue weighted by Gasteiger charge is 2.35. The van der Waals surface area contributed by atoms with Crippen LogP contribution in [0, 0.1) is 12.8 Å². The fourth-order valence-electron chi connectivity index (χ4n) is 5.65. The number of carbonyl (C=O) groups excluding carboxylic acids is 1. The molecule has 5 nitrogen and oxygen atoms in total. The van der Waals surface area contributed by atoms with Gasteiger partial charge in [-0.2, -0.15) is 0 Å². The summed E-state index contributed by atoms with van der Waals surface area (Å²) in [7, 11) is 1.65. The summed E-state index contributed by atoms with van der Waals surface area (Å²) >= 11 is 0. The van der Waals surface area contributed by atoms with Crippen LogP contribution in [0.5, 0.6) is 11.5 Å². The van der Waals surface area contributed by atoms with E-state index in [1.54, 1.807) is 7.11 Å². The first kappa shape index (κ1) is 25.5. The molecule has 0 fully saturated rings. The molecule has 2 aromatic carbocycles. The number of rotatable bonds is 9. The van der Waals surface area contributed by atoms with Gasteiger partial charge < -0.3 is 19.1 Å². The average Bonchev–Trinajstić information content (AvgIpc) is 2.99. The van der Waals surface area contributed by atoms with Crippen LogP contribution < -0.4 is 14.4 Å². The first-order valence-corrected chi connectivity index (χ1v) is 13.5. The number of hydrogen-bond acceptors (Lipinski definition) is 5. The topological polar surface area (TPSA) is 48.0 Å². The number of methoxy groups -OCH3 is 1. The lowest BCUT2D eigenvalue weighted by Gasteiger charge is -2.39. The molecule has 0 spiro atoms. The smallest absolute Gasteiger partial charge is 0.330 e. The van der Waals surface area contributed by atoms with Gasteiger partial charge in [-0.25, -0.2) is 4.79 Å². The van der Waals surface area contributed by atoms with Gasteiger partial charge >= 0.3 is 5.97 Å². The van der Waals surface area contributed by atoms with Crippen LogP contribution in [0.4, 0.5) is 11.4 Å². The van der Waals surface area contributed by atoms with Gasteiger partial charge in [-0.15, -0.1) is 0 Å². The molecule has 5 heteroatoms. The van der Waals surface area contributed by atoms with Crippen molar-refractivity contribution in [3.05, 3.63) is 143 Å². The Labute approximate surface area is 235 Å². The van der Waals surface area contributed by atoms with Crippen LogP contribution in [0.3, 0.4) is 0 Å². The van der Waals surface area contributed by atoms with Crippen molar-refractivity contribution in [2.24, 2.45) is 5.92 Å². The van der Waals surface area contributed by atoms with E-state index in [-0.39, 0.29) is 19.1 Å². The van der Waals surface area contributed by atoms with Gasteiger partial charge in [0.15, 0.2) is 0 Å². The van der Waals surface area contributed by atoms with Crippen LogP contribution in [0.25, 0.3) is 0 Å². The molecule has 0 heterocycles. The summed E-state index contributed by atoms with van der Waals surface area (Å²) in [5, 5.41) is 0. The molecule has 6 rings (SSSR count). The number of benzene rings is 2.